The maximum absolute atomic E-state index is 13.3. The average Bonchev–Trinajstić information content (AvgIpc) is 3.45. The summed E-state index contributed by atoms with van der Waals surface area (Å²) in [5.41, 5.74) is 3.59. The third kappa shape index (κ3) is 2.75. The minimum absolute atomic E-state index is 0.00866. The molecule has 2 amide bonds. The van der Waals surface area contributed by atoms with Crippen molar-refractivity contribution in [2.24, 2.45) is 0 Å². The molecule has 1 fully saturated rings. The van der Waals surface area contributed by atoms with E-state index in [4.69, 9.17) is 0 Å². The summed E-state index contributed by atoms with van der Waals surface area (Å²) in [6, 6.07) is 11.7. The predicted octanol–water partition coefficient (Wildman–Crippen LogP) is 3.42. The molecular weight excluding hydrogens is 358 g/mol. The van der Waals surface area contributed by atoms with Crippen molar-refractivity contribution in [3.63, 3.8) is 0 Å². The maximum Gasteiger partial charge on any atom is 0.264 e. The van der Waals surface area contributed by atoms with Gasteiger partial charge in [0.1, 0.15) is 6.04 Å². The number of likely N-dealkylation sites (tertiary alicyclic amines) is 1. The summed E-state index contributed by atoms with van der Waals surface area (Å²) in [6.07, 6.45) is 2.48. The molecule has 0 spiro atoms. The molecule has 3 aromatic rings. The van der Waals surface area contributed by atoms with Crippen LogP contribution in [0.5, 0.6) is 0 Å². The fourth-order valence-electron chi connectivity index (χ4n) is 4.37. The SMILES string of the molecule is O=C(C1CCCN1C(=O)c1cccs1)N1CCc2[nH]c3ccccc3c2C1. The summed E-state index contributed by atoms with van der Waals surface area (Å²) in [6.45, 7) is 1.99. The molecule has 0 saturated carbocycles. The lowest BCUT2D eigenvalue weighted by atomic mass is 10.0. The van der Waals surface area contributed by atoms with Gasteiger partial charge in [0.05, 0.1) is 4.88 Å². The first-order valence-corrected chi connectivity index (χ1v) is 10.3. The first-order chi connectivity index (χ1) is 13.2. The highest BCUT2D eigenvalue weighted by Crippen LogP contribution is 2.30. The average molecular weight is 379 g/mol. The van der Waals surface area contributed by atoms with Crippen LogP contribution in [0.4, 0.5) is 0 Å². The molecule has 0 radical (unpaired) electrons. The number of rotatable bonds is 2. The van der Waals surface area contributed by atoms with Gasteiger partial charge >= 0.3 is 0 Å². The van der Waals surface area contributed by atoms with Crippen molar-refractivity contribution < 1.29 is 9.59 Å². The Hall–Kier alpha value is -2.60. The molecule has 4 heterocycles. The van der Waals surface area contributed by atoms with Gasteiger partial charge in [-0.15, -0.1) is 11.3 Å². The van der Waals surface area contributed by atoms with Crippen molar-refractivity contribution in [2.75, 3.05) is 13.1 Å². The molecule has 2 aliphatic heterocycles. The zero-order valence-corrected chi connectivity index (χ0v) is 15.8. The highest BCUT2D eigenvalue weighted by molar-refractivity contribution is 7.12. The molecule has 1 aromatic carbocycles. The van der Waals surface area contributed by atoms with Crippen molar-refractivity contribution in [1.82, 2.24) is 14.8 Å². The first-order valence-electron chi connectivity index (χ1n) is 9.44. The van der Waals surface area contributed by atoms with Crippen molar-refractivity contribution in [1.29, 1.82) is 0 Å². The van der Waals surface area contributed by atoms with Crippen LogP contribution in [0.25, 0.3) is 10.9 Å². The number of fused-ring (bicyclic) bond motifs is 3. The van der Waals surface area contributed by atoms with E-state index in [9.17, 15) is 9.59 Å². The Balaban J connectivity index is 1.39. The Labute approximate surface area is 161 Å². The number of carbonyl (C=O) groups is 2. The number of amides is 2. The lowest BCUT2D eigenvalue weighted by molar-refractivity contribution is -0.136. The number of hydrogen-bond acceptors (Lipinski definition) is 3. The van der Waals surface area contributed by atoms with Crippen LogP contribution in [0.15, 0.2) is 41.8 Å². The van der Waals surface area contributed by atoms with E-state index in [0.717, 1.165) is 24.8 Å². The Bertz CT molecular complexity index is 1010. The molecular formula is C21H21N3O2S. The van der Waals surface area contributed by atoms with E-state index in [1.807, 2.05) is 34.5 Å². The molecule has 27 heavy (non-hydrogen) atoms. The second-order valence-electron chi connectivity index (χ2n) is 7.27. The van der Waals surface area contributed by atoms with Gasteiger partial charge in [-0.1, -0.05) is 24.3 Å². The number of thiophene rings is 1. The van der Waals surface area contributed by atoms with E-state index in [1.54, 1.807) is 4.90 Å². The number of benzene rings is 1. The van der Waals surface area contributed by atoms with Crippen LogP contribution in [0, 0.1) is 0 Å². The van der Waals surface area contributed by atoms with Gasteiger partial charge in [-0.2, -0.15) is 0 Å². The number of aromatic amines is 1. The first kappa shape index (κ1) is 16.6. The quantitative estimate of drug-likeness (QED) is 0.742. The number of carbonyl (C=O) groups excluding carboxylic acids is 2. The number of para-hydroxylation sites is 1. The number of hydrogen-bond donors (Lipinski definition) is 1. The van der Waals surface area contributed by atoms with Crippen molar-refractivity contribution in [2.45, 2.75) is 31.8 Å². The van der Waals surface area contributed by atoms with Gasteiger partial charge in [-0.3, -0.25) is 9.59 Å². The second kappa shape index (κ2) is 6.53. The van der Waals surface area contributed by atoms with Gasteiger partial charge in [-0.05, 0) is 30.4 Å². The van der Waals surface area contributed by atoms with Gasteiger partial charge in [0.25, 0.3) is 5.91 Å². The Morgan fingerprint density at radius 3 is 2.85 bits per heavy atom. The lowest BCUT2D eigenvalue weighted by Gasteiger charge is -2.32. The Morgan fingerprint density at radius 1 is 1.11 bits per heavy atom. The fraction of sp³-hybridized carbons (Fsp3) is 0.333. The van der Waals surface area contributed by atoms with Gasteiger partial charge < -0.3 is 14.8 Å². The molecule has 1 saturated heterocycles. The fourth-order valence-corrected chi connectivity index (χ4v) is 5.05. The number of nitrogens with zero attached hydrogens (tertiary/aromatic N) is 2. The molecule has 2 aromatic heterocycles. The highest BCUT2D eigenvalue weighted by atomic mass is 32.1. The third-order valence-electron chi connectivity index (χ3n) is 5.73. The summed E-state index contributed by atoms with van der Waals surface area (Å²) < 4.78 is 0. The summed E-state index contributed by atoms with van der Waals surface area (Å²) in [5.74, 6) is 0.0824. The zero-order valence-electron chi connectivity index (χ0n) is 15.0. The smallest absolute Gasteiger partial charge is 0.264 e. The third-order valence-corrected chi connectivity index (χ3v) is 6.58. The molecule has 1 atom stereocenters. The van der Waals surface area contributed by atoms with E-state index in [0.29, 0.717) is 24.5 Å². The monoisotopic (exact) mass is 379 g/mol. The lowest BCUT2D eigenvalue weighted by Crippen LogP contribution is -2.48. The second-order valence-corrected chi connectivity index (χ2v) is 8.22. The summed E-state index contributed by atoms with van der Waals surface area (Å²) in [5, 5.41) is 3.10. The van der Waals surface area contributed by atoms with Crippen LogP contribution < -0.4 is 0 Å². The van der Waals surface area contributed by atoms with Crippen molar-refractivity contribution in [3.8, 4) is 0 Å². The van der Waals surface area contributed by atoms with Crippen LogP contribution in [0.3, 0.4) is 0 Å². The number of aromatic nitrogens is 1. The van der Waals surface area contributed by atoms with E-state index in [2.05, 4.69) is 17.1 Å². The largest absolute Gasteiger partial charge is 0.358 e. The molecule has 0 bridgehead atoms. The van der Waals surface area contributed by atoms with E-state index >= 15 is 0 Å². The van der Waals surface area contributed by atoms with Gasteiger partial charge in [-0.25, -0.2) is 0 Å². The topological polar surface area (TPSA) is 56.4 Å². The minimum atomic E-state index is -0.327. The summed E-state index contributed by atoms with van der Waals surface area (Å²) in [7, 11) is 0. The van der Waals surface area contributed by atoms with Crippen molar-refractivity contribution >= 4 is 34.1 Å². The van der Waals surface area contributed by atoms with E-state index in [1.165, 1.54) is 28.0 Å². The molecule has 1 unspecified atom stereocenters. The molecule has 5 rings (SSSR count). The Kier molecular flexibility index (Phi) is 4.01. The standard InChI is InChI=1S/C21H21N3O2S/c25-20(18-7-3-10-24(18)21(26)19-8-4-12-27-19)23-11-9-17-15(13-23)14-5-1-2-6-16(14)22-17/h1-2,4-6,8,12,18,22H,3,7,9-11,13H2. The van der Waals surface area contributed by atoms with Gasteiger partial charge in [0.2, 0.25) is 5.91 Å². The van der Waals surface area contributed by atoms with Crippen LogP contribution >= 0.6 is 11.3 Å². The number of H-pyrrole nitrogens is 1. The highest BCUT2D eigenvalue weighted by Gasteiger charge is 2.38. The predicted molar refractivity (Wildman–Crippen MR) is 106 cm³/mol. The summed E-state index contributed by atoms with van der Waals surface area (Å²) in [4.78, 5) is 34.0. The maximum atomic E-state index is 13.3. The van der Waals surface area contributed by atoms with Gasteiger partial charge in [0.15, 0.2) is 0 Å². The number of nitrogens with one attached hydrogen (secondary N) is 1. The van der Waals surface area contributed by atoms with Crippen molar-refractivity contribution in [3.05, 3.63) is 57.9 Å². The molecule has 138 valence electrons. The van der Waals surface area contributed by atoms with Crippen LogP contribution in [0.1, 0.15) is 33.8 Å². The minimum Gasteiger partial charge on any atom is -0.358 e. The van der Waals surface area contributed by atoms with Crippen LogP contribution in [0.2, 0.25) is 0 Å². The van der Waals surface area contributed by atoms with Crippen LogP contribution in [-0.2, 0) is 17.8 Å². The molecule has 2 aliphatic rings. The Morgan fingerprint density at radius 2 is 2.00 bits per heavy atom. The molecule has 5 nitrogen and oxygen atoms in total. The van der Waals surface area contributed by atoms with Crippen LogP contribution in [-0.4, -0.2) is 45.7 Å². The van der Waals surface area contributed by atoms with Gasteiger partial charge in [0, 0.05) is 48.2 Å². The molecule has 6 heteroatoms. The molecule has 0 aliphatic carbocycles. The zero-order chi connectivity index (χ0) is 18.4. The molecule has 1 N–H and O–H groups in total. The normalized spacial score (nSPS) is 19.5. The summed E-state index contributed by atoms with van der Waals surface area (Å²) >= 11 is 1.44. The van der Waals surface area contributed by atoms with E-state index in [-0.39, 0.29) is 17.9 Å². The van der Waals surface area contributed by atoms with E-state index < -0.39 is 0 Å².